The number of thioether (sulfide) groups is 1. The second-order valence-electron chi connectivity index (χ2n) is 5.03. The quantitative estimate of drug-likeness (QED) is 0.550. The molecule has 0 aromatic carbocycles. The number of carbonyl (C=O) groups excluding carboxylic acids is 2. The Bertz CT molecular complexity index is 731. The molecule has 0 saturated carbocycles. The van der Waals surface area contributed by atoms with Crippen molar-refractivity contribution in [1.82, 2.24) is 30.4 Å². The second-order valence-corrected chi connectivity index (χ2v) is 5.98. The molecule has 0 aliphatic heterocycles. The van der Waals surface area contributed by atoms with Crippen LogP contribution < -0.4 is 10.6 Å². The lowest BCUT2D eigenvalue weighted by molar-refractivity contribution is -0.117. The average Bonchev–Trinajstić information content (AvgIpc) is 3.02. The number of urea groups is 1. The Labute approximate surface area is 150 Å². The van der Waals surface area contributed by atoms with Crippen molar-refractivity contribution in [3.8, 4) is 11.4 Å². The minimum Gasteiger partial charge on any atom is -0.338 e. The zero-order chi connectivity index (χ0) is 18.1. The lowest BCUT2D eigenvalue weighted by atomic mass is 10.2. The smallest absolute Gasteiger partial charge is 0.321 e. The van der Waals surface area contributed by atoms with Crippen molar-refractivity contribution in [2.45, 2.75) is 25.0 Å². The molecule has 2 aromatic rings. The van der Waals surface area contributed by atoms with Crippen LogP contribution in [0.25, 0.3) is 11.4 Å². The van der Waals surface area contributed by atoms with Crippen LogP contribution in [0.1, 0.15) is 13.3 Å². The number of imide groups is 1. The molecule has 0 saturated heterocycles. The van der Waals surface area contributed by atoms with Crippen LogP contribution in [0.5, 0.6) is 0 Å². The van der Waals surface area contributed by atoms with Crippen molar-refractivity contribution < 1.29 is 9.59 Å². The lowest BCUT2D eigenvalue weighted by Crippen LogP contribution is -2.40. The van der Waals surface area contributed by atoms with Crippen LogP contribution in [0, 0.1) is 0 Å². The molecule has 2 aromatic heterocycles. The Kier molecular flexibility index (Phi) is 7.15. The normalized spacial score (nSPS) is 10.3. The molecule has 0 atom stereocenters. The Hall–Kier alpha value is -2.68. The SMILES string of the molecule is C=CCn1c(SCC(=O)NC(=O)NCCC)nnc1-c1ccncc1. The van der Waals surface area contributed by atoms with Gasteiger partial charge < -0.3 is 5.32 Å². The number of rotatable bonds is 8. The van der Waals surface area contributed by atoms with E-state index in [1.165, 1.54) is 11.8 Å². The van der Waals surface area contributed by atoms with Crippen LogP contribution in [0.2, 0.25) is 0 Å². The molecular weight excluding hydrogens is 340 g/mol. The highest BCUT2D eigenvalue weighted by atomic mass is 32.2. The van der Waals surface area contributed by atoms with Gasteiger partial charge in [-0.05, 0) is 18.6 Å². The van der Waals surface area contributed by atoms with Crippen molar-refractivity contribution in [2.24, 2.45) is 0 Å². The van der Waals surface area contributed by atoms with Gasteiger partial charge in [0.1, 0.15) is 0 Å². The third kappa shape index (κ3) is 5.42. The Morgan fingerprint density at radius 2 is 2.08 bits per heavy atom. The van der Waals surface area contributed by atoms with E-state index in [9.17, 15) is 9.59 Å². The topological polar surface area (TPSA) is 102 Å². The largest absolute Gasteiger partial charge is 0.338 e. The van der Waals surface area contributed by atoms with E-state index in [2.05, 4.69) is 32.4 Å². The highest BCUT2D eigenvalue weighted by Gasteiger charge is 2.15. The standard InChI is InChI=1S/C16H20N6O2S/c1-3-7-18-15(24)19-13(23)11-25-16-21-20-14(22(16)10-4-2)12-5-8-17-9-6-12/h4-6,8-9H,2-3,7,10-11H2,1H3,(H2,18,19,23,24). The summed E-state index contributed by atoms with van der Waals surface area (Å²) in [6.07, 6.45) is 5.89. The number of amides is 3. The Balaban J connectivity index is 2.02. The molecule has 132 valence electrons. The second kappa shape index (κ2) is 9.58. The molecule has 9 heteroatoms. The summed E-state index contributed by atoms with van der Waals surface area (Å²) in [5.41, 5.74) is 0.875. The first-order valence-corrected chi connectivity index (χ1v) is 8.79. The fourth-order valence-corrected chi connectivity index (χ4v) is 2.73. The molecule has 3 amide bonds. The maximum absolute atomic E-state index is 11.9. The molecule has 0 aliphatic carbocycles. The van der Waals surface area contributed by atoms with Crippen LogP contribution in [0.3, 0.4) is 0 Å². The number of allylic oxidation sites excluding steroid dienone is 1. The summed E-state index contributed by atoms with van der Waals surface area (Å²) in [5, 5.41) is 13.8. The van der Waals surface area contributed by atoms with Gasteiger partial charge in [0.05, 0.1) is 5.75 Å². The maximum atomic E-state index is 11.9. The molecule has 2 heterocycles. The van der Waals surface area contributed by atoms with Crippen LogP contribution in [0.4, 0.5) is 4.79 Å². The van der Waals surface area contributed by atoms with Gasteiger partial charge in [0, 0.05) is 31.0 Å². The molecule has 0 aliphatic rings. The highest BCUT2D eigenvalue weighted by Crippen LogP contribution is 2.23. The summed E-state index contributed by atoms with van der Waals surface area (Å²) < 4.78 is 1.86. The third-order valence-electron chi connectivity index (χ3n) is 3.09. The van der Waals surface area contributed by atoms with Gasteiger partial charge in [-0.3, -0.25) is 19.7 Å². The zero-order valence-corrected chi connectivity index (χ0v) is 14.8. The Morgan fingerprint density at radius 1 is 1.32 bits per heavy atom. The maximum Gasteiger partial charge on any atom is 0.321 e. The number of pyridine rings is 1. The van der Waals surface area contributed by atoms with Gasteiger partial charge in [-0.25, -0.2) is 4.79 Å². The van der Waals surface area contributed by atoms with Crippen molar-refractivity contribution in [3.05, 3.63) is 37.2 Å². The van der Waals surface area contributed by atoms with Gasteiger partial charge in [-0.2, -0.15) is 0 Å². The predicted octanol–water partition coefficient (Wildman–Crippen LogP) is 1.85. The molecule has 0 radical (unpaired) electrons. The van der Waals surface area contributed by atoms with Gasteiger partial charge in [0.2, 0.25) is 5.91 Å². The first-order chi connectivity index (χ1) is 12.2. The number of hydrogen-bond acceptors (Lipinski definition) is 6. The number of carbonyl (C=O) groups is 2. The van der Waals surface area contributed by atoms with Crippen molar-refractivity contribution >= 4 is 23.7 Å². The van der Waals surface area contributed by atoms with Gasteiger partial charge in [-0.1, -0.05) is 24.8 Å². The van der Waals surface area contributed by atoms with Crippen molar-refractivity contribution in [2.75, 3.05) is 12.3 Å². The molecule has 0 fully saturated rings. The van der Waals surface area contributed by atoms with E-state index in [4.69, 9.17) is 0 Å². The molecule has 2 rings (SSSR count). The fraction of sp³-hybridized carbons (Fsp3) is 0.312. The van der Waals surface area contributed by atoms with Crippen LogP contribution in [0.15, 0.2) is 42.3 Å². The van der Waals surface area contributed by atoms with Crippen molar-refractivity contribution in [3.63, 3.8) is 0 Å². The van der Waals surface area contributed by atoms with Crippen molar-refractivity contribution in [1.29, 1.82) is 0 Å². The summed E-state index contributed by atoms with van der Waals surface area (Å²) in [6.45, 7) is 6.71. The van der Waals surface area contributed by atoms with Crippen LogP contribution in [-0.4, -0.2) is 44.0 Å². The van der Waals surface area contributed by atoms with Gasteiger partial charge >= 0.3 is 6.03 Å². The molecule has 0 bridgehead atoms. The van der Waals surface area contributed by atoms with E-state index >= 15 is 0 Å². The van der Waals surface area contributed by atoms with E-state index in [0.717, 1.165) is 12.0 Å². The average molecular weight is 360 g/mol. The number of nitrogens with one attached hydrogen (secondary N) is 2. The van der Waals surface area contributed by atoms with Gasteiger partial charge in [0.15, 0.2) is 11.0 Å². The van der Waals surface area contributed by atoms with E-state index in [1.807, 2.05) is 23.6 Å². The van der Waals surface area contributed by atoms with E-state index in [1.54, 1.807) is 18.5 Å². The molecule has 2 N–H and O–H groups in total. The Morgan fingerprint density at radius 3 is 2.76 bits per heavy atom. The minimum atomic E-state index is -0.488. The number of aromatic nitrogens is 4. The minimum absolute atomic E-state index is 0.0607. The zero-order valence-electron chi connectivity index (χ0n) is 13.9. The predicted molar refractivity (Wildman–Crippen MR) is 96.0 cm³/mol. The van der Waals surface area contributed by atoms with Gasteiger partial charge in [0.25, 0.3) is 0 Å². The molecule has 25 heavy (non-hydrogen) atoms. The van der Waals surface area contributed by atoms with Crippen LogP contribution in [-0.2, 0) is 11.3 Å². The molecular formula is C16H20N6O2S. The molecule has 0 unspecified atom stereocenters. The fourth-order valence-electron chi connectivity index (χ4n) is 1.98. The summed E-state index contributed by atoms with van der Waals surface area (Å²) in [7, 11) is 0. The van der Waals surface area contributed by atoms with Gasteiger partial charge in [-0.15, -0.1) is 16.8 Å². The molecule has 8 nitrogen and oxygen atoms in total. The number of nitrogens with zero attached hydrogens (tertiary/aromatic N) is 4. The molecule has 0 spiro atoms. The third-order valence-corrected chi connectivity index (χ3v) is 4.05. The van der Waals surface area contributed by atoms with E-state index in [0.29, 0.717) is 24.1 Å². The monoisotopic (exact) mass is 360 g/mol. The van der Waals surface area contributed by atoms with Crippen LogP contribution >= 0.6 is 11.8 Å². The number of hydrogen-bond donors (Lipinski definition) is 2. The first kappa shape index (κ1) is 18.7. The summed E-state index contributed by atoms with van der Waals surface area (Å²) >= 11 is 1.21. The van der Waals surface area contributed by atoms with E-state index in [-0.39, 0.29) is 5.75 Å². The van der Waals surface area contributed by atoms with E-state index < -0.39 is 11.9 Å². The summed E-state index contributed by atoms with van der Waals surface area (Å²) in [4.78, 5) is 27.3. The summed E-state index contributed by atoms with van der Waals surface area (Å²) in [5.74, 6) is 0.341. The lowest BCUT2D eigenvalue weighted by Gasteiger charge is -2.08. The first-order valence-electron chi connectivity index (χ1n) is 7.80. The summed E-state index contributed by atoms with van der Waals surface area (Å²) in [6, 6.07) is 3.18. The highest BCUT2D eigenvalue weighted by molar-refractivity contribution is 7.99.